The molecule has 31 heavy (non-hydrogen) atoms. The minimum atomic E-state index is -0.430. The number of benzene rings is 2. The molecule has 0 saturated carbocycles. The molecule has 0 amide bonds. The molecule has 0 radical (unpaired) electrons. The van der Waals surface area contributed by atoms with Gasteiger partial charge in [-0.3, -0.25) is 20.2 Å². The van der Waals surface area contributed by atoms with Crippen molar-refractivity contribution in [2.24, 2.45) is 10.8 Å². The molecular weight excluding hydrogens is 443 g/mol. The predicted molar refractivity (Wildman–Crippen MR) is 122 cm³/mol. The lowest BCUT2D eigenvalue weighted by molar-refractivity contribution is -0.385. The molecule has 0 heterocycles. The van der Waals surface area contributed by atoms with Crippen LogP contribution in [0.3, 0.4) is 0 Å². The first-order valence-corrected chi connectivity index (χ1v) is 10.5. The Morgan fingerprint density at radius 1 is 0.774 bits per heavy atom. The standard InChI is InChI=1S/C22H26Cl2N2O5/c1-21(2,11-15-5-7-17(23)9-19(15)25(27)28)13-31-14-22(3,4)12-16-6-8-18(24)10-20(16)26(29)30/h5-10H,11-14H2,1-4H3. The van der Waals surface area contributed by atoms with Gasteiger partial charge < -0.3 is 4.74 Å². The average molecular weight is 469 g/mol. The normalized spacial score (nSPS) is 12.1. The smallest absolute Gasteiger partial charge is 0.274 e. The number of hydrogen-bond donors (Lipinski definition) is 0. The average Bonchev–Trinajstić information content (AvgIpc) is 2.63. The molecule has 2 aromatic carbocycles. The van der Waals surface area contributed by atoms with E-state index in [1.807, 2.05) is 27.7 Å². The van der Waals surface area contributed by atoms with E-state index in [2.05, 4.69) is 0 Å². The van der Waals surface area contributed by atoms with E-state index in [1.165, 1.54) is 12.1 Å². The zero-order chi connectivity index (χ0) is 23.4. The van der Waals surface area contributed by atoms with Gasteiger partial charge in [0.1, 0.15) is 0 Å². The summed E-state index contributed by atoms with van der Waals surface area (Å²) in [5, 5.41) is 23.3. The van der Waals surface area contributed by atoms with Crippen molar-refractivity contribution in [1.82, 2.24) is 0 Å². The second kappa shape index (κ2) is 9.94. The summed E-state index contributed by atoms with van der Waals surface area (Å²) in [7, 11) is 0. The predicted octanol–water partition coefficient (Wildman–Crippen LogP) is 6.66. The molecular formula is C22H26Cl2N2O5. The number of rotatable bonds is 10. The second-order valence-corrected chi connectivity index (χ2v) is 10.1. The summed E-state index contributed by atoms with van der Waals surface area (Å²) in [6, 6.07) is 9.34. The van der Waals surface area contributed by atoms with Gasteiger partial charge in [-0.2, -0.15) is 0 Å². The van der Waals surface area contributed by atoms with E-state index >= 15 is 0 Å². The van der Waals surface area contributed by atoms with Crippen LogP contribution >= 0.6 is 23.2 Å². The molecule has 7 nitrogen and oxygen atoms in total. The highest BCUT2D eigenvalue weighted by atomic mass is 35.5. The van der Waals surface area contributed by atoms with Crippen molar-refractivity contribution in [2.45, 2.75) is 40.5 Å². The molecule has 0 saturated heterocycles. The Hall–Kier alpha value is -2.22. The molecule has 0 aliphatic carbocycles. The summed E-state index contributed by atoms with van der Waals surface area (Å²) in [6.07, 6.45) is 0.896. The molecule has 0 N–H and O–H groups in total. The lowest BCUT2D eigenvalue weighted by atomic mass is 9.84. The van der Waals surface area contributed by atoms with E-state index in [1.54, 1.807) is 24.3 Å². The van der Waals surface area contributed by atoms with Crippen LogP contribution in [0, 0.1) is 31.1 Å². The van der Waals surface area contributed by atoms with Crippen molar-refractivity contribution >= 4 is 34.6 Å². The third kappa shape index (κ3) is 7.45. The Labute approximate surface area is 191 Å². The quantitative estimate of drug-likeness (QED) is 0.286. The van der Waals surface area contributed by atoms with Gasteiger partial charge in [-0.25, -0.2) is 0 Å². The van der Waals surface area contributed by atoms with Crippen LogP contribution in [0.2, 0.25) is 10.0 Å². The van der Waals surface area contributed by atoms with Gasteiger partial charge in [0.05, 0.1) is 23.1 Å². The Morgan fingerprint density at radius 3 is 1.45 bits per heavy atom. The second-order valence-electron chi connectivity index (χ2n) is 9.24. The highest BCUT2D eigenvalue weighted by molar-refractivity contribution is 6.31. The third-order valence-electron chi connectivity index (χ3n) is 4.81. The summed E-state index contributed by atoms with van der Waals surface area (Å²) in [6.45, 7) is 8.65. The number of nitrogens with zero attached hydrogens (tertiary/aromatic N) is 2. The maximum Gasteiger partial charge on any atom is 0.274 e. The Morgan fingerprint density at radius 2 is 1.13 bits per heavy atom. The fourth-order valence-corrected chi connectivity index (χ4v) is 3.78. The van der Waals surface area contributed by atoms with Crippen molar-refractivity contribution in [2.75, 3.05) is 13.2 Å². The molecule has 0 spiro atoms. The molecule has 2 rings (SSSR count). The number of nitro benzene ring substituents is 2. The Kier molecular flexibility index (Phi) is 8.03. The summed E-state index contributed by atoms with van der Waals surface area (Å²) in [4.78, 5) is 21.8. The van der Waals surface area contributed by atoms with Gasteiger partial charge in [-0.15, -0.1) is 0 Å². The van der Waals surface area contributed by atoms with Crippen LogP contribution in [0.4, 0.5) is 11.4 Å². The minimum Gasteiger partial charge on any atom is -0.380 e. The van der Waals surface area contributed by atoms with Crippen molar-refractivity contribution in [1.29, 1.82) is 0 Å². The highest BCUT2D eigenvalue weighted by Crippen LogP contribution is 2.33. The summed E-state index contributed by atoms with van der Waals surface area (Å²) in [5.41, 5.74) is 0.465. The Balaban J connectivity index is 2.02. The van der Waals surface area contributed by atoms with Crippen molar-refractivity contribution in [3.05, 3.63) is 77.8 Å². The minimum absolute atomic E-state index is 0.00375. The van der Waals surface area contributed by atoms with Gasteiger partial charge >= 0.3 is 0 Å². The maximum atomic E-state index is 11.3. The van der Waals surface area contributed by atoms with Gasteiger partial charge in [-0.1, -0.05) is 63.0 Å². The van der Waals surface area contributed by atoms with Crippen LogP contribution in [-0.2, 0) is 17.6 Å². The lowest BCUT2D eigenvalue weighted by Crippen LogP contribution is -2.28. The number of nitro groups is 2. The van der Waals surface area contributed by atoms with Gasteiger partial charge in [0.2, 0.25) is 0 Å². The zero-order valence-corrected chi connectivity index (χ0v) is 19.5. The number of hydrogen-bond acceptors (Lipinski definition) is 5. The van der Waals surface area contributed by atoms with Crippen molar-refractivity contribution < 1.29 is 14.6 Å². The molecule has 0 aliphatic rings. The first-order chi connectivity index (χ1) is 14.3. The van der Waals surface area contributed by atoms with Crippen LogP contribution in [0.15, 0.2) is 36.4 Å². The van der Waals surface area contributed by atoms with E-state index in [-0.39, 0.29) is 22.2 Å². The lowest BCUT2D eigenvalue weighted by Gasteiger charge is -2.29. The van der Waals surface area contributed by atoms with Gasteiger partial charge in [0.15, 0.2) is 0 Å². The zero-order valence-electron chi connectivity index (χ0n) is 18.0. The van der Waals surface area contributed by atoms with Crippen molar-refractivity contribution in [3.63, 3.8) is 0 Å². The monoisotopic (exact) mass is 468 g/mol. The van der Waals surface area contributed by atoms with E-state index in [0.717, 1.165) is 0 Å². The summed E-state index contributed by atoms with van der Waals surface area (Å²) in [5.74, 6) is 0. The summed E-state index contributed by atoms with van der Waals surface area (Å²) < 4.78 is 5.96. The molecule has 0 unspecified atom stereocenters. The van der Waals surface area contributed by atoms with Crippen molar-refractivity contribution in [3.8, 4) is 0 Å². The van der Waals surface area contributed by atoms with E-state index in [4.69, 9.17) is 27.9 Å². The first kappa shape index (κ1) is 25.0. The number of halogens is 2. The van der Waals surface area contributed by atoms with Crippen LogP contribution in [0.5, 0.6) is 0 Å². The topological polar surface area (TPSA) is 95.5 Å². The fraction of sp³-hybridized carbons (Fsp3) is 0.455. The molecule has 0 fully saturated rings. The van der Waals surface area contributed by atoms with Gasteiger partial charge in [0.25, 0.3) is 11.4 Å². The molecule has 9 heteroatoms. The maximum absolute atomic E-state index is 11.3. The number of ether oxygens (including phenoxy) is 1. The Bertz CT molecular complexity index is 899. The van der Waals surface area contributed by atoms with E-state index < -0.39 is 9.85 Å². The van der Waals surface area contributed by atoms with Crippen LogP contribution < -0.4 is 0 Å². The molecule has 0 aromatic heterocycles. The van der Waals surface area contributed by atoms with Crippen LogP contribution in [0.25, 0.3) is 0 Å². The van der Waals surface area contributed by atoms with Crippen LogP contribution in [-0.4, -0.2) is 23.1 Å². The molecule has 0 atom stereocenters. The SMILES string of the molecule is CC(C)(COCC(C)(C)Cc1ccc(Cl)cc1[N+](=O)[O-])Cc1ccc(Cl)cc1[N+](=O)[O-]. The third-order valence-corrected chi connectivity index (χ3v) is 5.28. The van der Waals surface area contributed by atoms with E-state index in [0.29, 0.717) is 47.2 Å². The molecule has 2 aromatic rings. The largest absolute Gasteiger partial charge is 0.380 e. The fourth-order valence-electron chi connectivity index (χ4n) is 3.45. The first-order valence-electron chi connectivity index (χ1n) is 9.73. The van der Waals surface area contributed by atoms with Gasteiger partial charge in [0, 0.05) is 33.3 Å². The van der Waals surface area contributed by atoms with Gasteiger partial charge in [-0.05, 0) is 35.8 Å². The molecule has 168 valence electrons. The summed E-state index contributed by atoms with van der Waals surface area (Å²) >= 11 is 11.8. The van der Waals surface area contributed by atoms with Crippen LogP contribution in [0.1, 0.15) is 38.8 Å². The molecule has 0 aliphatic heterocycles. The molecule has 0 bridgehead atoms. The van der Waals surface area contributed by atoms with E-state index in [9.17, 15) is 20.2 Å². The highest BCUT2D eigenvalue weighted by Gasteiger charge is 2.28.